The Kier molecular flexibility index (Phi) is 7.47. The van der Waals surface area contributed by atoms with Crippen LogP contribution in [0.2, 0.25) is 5.02 Å². The number of hydrogen-bond donors (Lipinski definition) is 1. The molecule has 2 rings (SSSR count). The molecule has 0 aromatic heterocycles. The first kappa shape index (κ1) is 22.6. The van der Waals surface area contributed by atoms with Crippen LogP contribution in [0.4, 0.5) is 0 Å². The van der Waals surface area contributed by atoms with Crippen molar-refractivity contribution in [3.63, 3.8) is 0 Å². The molecule has 0 unspecified atom stereocenters. The van der Waals surface area contributed by atoms with E-state index in [0.717, 1.165) is 19.3 Å². The third-order valence-electron chi connectivity index (χ3n) is 4.88. The lowest BCUT2D eigenvalue weighted by Crippen LogP contribution is -2.52. The number of ether oxygens (including phenoxy) is 1. The molecule has 0 radical (unpaired) electrons. The van der Waals surface area contributed by atoms with Crippen molar-refractivity contribution in [2.75, 3.05) is 0 Å². The molecule has 0 saturated carbocycles. The van der Waals surface area contributed by atoms with Gasteiger partial charge in [-0.1, -0.05) is 17.7 Å². The van der Waals surface area contributed by atoms with E-state index in [2.05, 4.69) is 4.72 Å². The number of nitrogens with one attached hydrogen (secondary N) is 1. The first-order valence-corrected chi connectivity index (χ1v) is 11.2. The number of halogens is 1. The van der Waals surface area contributed by atoms with E-state index in [1.807, 2.05) is 13.8 Å². The van der Waals surface area contributed by atoms with Gasteiger partial charge < -0.3 is 9.64 Å². The highest BCUT2D eigenvalue weighted by molar-refractivity contribution is 7.89. The number of rotatable bonds is 6. The Morgan fingerprint density at radius 2 is 1.82 bits per heavy atom. The summed E-state index contributed by atoms with van der Waals surface area (Å²) < 4.78 is 32.3. The minimum atomic E-state index is -3.95. The highest BCUT2D eigenvalue weighted by atomic mass is 35.5. The average molecular weight is 431 g/mol. The van der Waals surface area contributed by atoms with Crippen molar-refractivity contribution in [3.05, 3.63) is 29.3 Å². The number of carbonyl (C=O) groups excluding carboxylic acids is 2. The van der Waals surface area contributed by atoms with Gasteiger partial charge in [-0.25, -0.2) is 8.42 Å². The third kappa shape index (κ3) is 5.46. The van der Waals surface area contributed by atoms with Gasteiger partial charge in [0.05, 0.1) is 4.90 Å². The van der Waals surface area contributed by atoms with Crippen LogP contribution in [0.1, 0.15) is 47.0 Å². The zero-order valence-corrected chi connectivity index (χ0v) is 18.1. The summed E-state index contributed by atoms with van der Waals surface area (Å²) in [6.45, 7) is 6.83. The summed E-state index contributed by atoms with van der Waals surface area (Å²) in [4.78, 5) is 26.7. The zero-order valence-electron chi connectivity index (χ0n) is 16.5. The van der Waals surface area contributed by atoms with Gasteiger partial charge >= 0.3 is 5.97 Å². The Morgan fingerprint density at radius 3 is 2.39 bits per heavy atom. The smallest absolute Gasteiger partial charge is 0.324 e. The molecule has 9 heteroatoms. The highest BCUT2D eigenvalue weighted by Gasteiger charge is 2.34. The van der Waals surface area contributed by atoms with E-state index in [0.29, 0.717) is 0 Å². The number of piperidine rings is 1. The van der Waals surface area contributed by atoms with Crippen molar-refractivity contribution in [3.8, 4) is 0 Å². The number of sulfonamides is 1. The first-order chi connectivity index (χ1) is 13.0. The minimum Gasteiger partial charge on any atom is -0.451 e. The molecule has 0 aliphatic carbocycles. The maximum Gasteiger partial charge on any atom is 0.324 e. The second-order valence-corrected chi connectivity index (χ2v) is 9.40. The predicted octanol–water partition coefficient (Wildman–Crippen LogP) is 2.73. The van der Waals surface area contributed by atoms with Crippen molar-refractivity contribution < 1.29 is 22.7 Å². The van der Waals surface area contributed by atoms with E-state index < -0.39 is 28.1 Å². The lowest BCUT2D eigenvalue weighted by Gasteiger charge is -2.40. The van der Waals surface area contributed by atoms with Gasteiger partial charge in [0.2, 0.25) is 10.0 Å². The second kappa shape index (κ2) is 9.24. The number of esters is 1. The molecule has 0 bridgehead atoms. The third-order valence-corrected chi connectivity index (χ3v) is 6.65. The van der Waals surface area contributed by atoms with E-state index in [-0.39, 0.29) is 27.9 Å². The Bertz CT molecular complexity index is 819. The summed E-state index contributed by atoms with van der Waals surface area (Å²) in [6.07, 6.45) is 1.88. The molecular weight excluding hydrogens is 404 g/mol. The van der Waals surface area contributed by atoms with Gasteiger partial charge in [0.1, 0.15) is 6.04 Å². The molecule has 1 N–H and O–H groups in total. The van der Waals surface area contributed by atoms with Crippen molar-refractivity contribution in [1.29, 1.82) is 0 Å². The summed E-state index contributed by atoms with van der Waals surface area (Å²) >= 11 is 5.83. The van der Waals surface area contributed by atoms with Crippen LogP contribution in [-0.4, -0.2) is 49.4 Å². The molecule has 1 fully saturated rings. The molecule has 1 heterocycles. The van der Waals surface area contributed by atoms with Crippen LogP contribution in [0.15, 0.2) is 29.2 Å². The SMILES string of the molecule is C[C@H](NS(=O)(=O)c1cccc(Cl)c1)C(=O)O[C@@H](C)C(=O)N1[C@H](C)CCC[C@@H]1C. The fourth-order valence-corrected chi connectivity index (χ4v) is 4.87. The van der Waals surface area contributed by atoms with Gasteiger partial charge in [0.15, 0.2) is 6.10 Å². The largest absolute Gasteiger partial charge is 0.451 e. The van der Waals surface area contributed by atoms with Gasteiger partial charge in [0.25, 0.3) is 5.91 Å². The van der Waals surface area contributed by atoms with Gasteiger partial charge in [0, 0.05) is 17.1 Å². The number of benzene rings is 1. The van der Waals surface area contributed by atoms with Crippen LogP contribution in [0.25, 0.3) is 0 Å². The van der Waals surface area contributed by atoms with Crippen molar-refractivity contribution in [1.82, 2.24) is 9.62 Å². The molecule has 1 aromatic rings. The second-order valence-electron chi connectivity index (χ2n) is 7.25. The summed E-state index contributed by atoms with van der Waals surface area (Å²) in [5, 5.41) is 0.266. The number of amides is 1. The number of hydrogen-bond acceptors (Lipinski definition) is 5. The topological polar surface area (TPSA) is 92.8 Å². The van der Waals surface area contributed by atoms with Crippen molar-refractivity contribution in [2.24, 2.45) is 0 Å². The fourth-order valence-electron chi connectivity index (χ4n) is 3.38. The van der Waals surface area contributed by atoms with Crippen molar-refractivity contribution in [2.45, 2.75) is 76.1 Å². The summed E-state index contributed by atoms with van der Waals surface area (Å²) in [5.74, 6) is -1.08. The summed E-state index contributed by atoms with van der Waals surface area (Å²) in [7, 11) is -3.95. The lowest BCUT2D eigenvalue weighted by atomic mass is 9.97. The monoisotopic (exact) mass is 430 g/mol. The maximum atomic E-state index is 12.7. The van der Waals surface area contributed by atoms with E-state index in [1.165, 1.54) is 32.0 Å². The molecular formula is C19H27ClN2O5S. The van der Waals surface area contributed by atoms with Crippen molar-refractivity contribution >= 4 is 33.5 Å². The Labute approximate surface area is 171 Å². The fraction of sp³-hybridized carbons (Fsp3) is 0.579. The van der Waals surface area contributed by atoms with Crippen LogP contribution >= 0.6 is 11.6 Å². The van der Waals surface area contributed by atoms with Crippen LogP contribution in [-0.2, 0) is 24.3 Å². The van der Waals surface area contributed by atoms with Crippen LogP contribution in [0.5, 0.6) is 0 Å². The van der Waals surface area contributed by atoms with E-state index >= 15 is 0 Å². The molecule has 7 nitrogen and oxygen atoms in total. The quantitative estimate of drug-likeness (QED) is 0.700. The van der Waals surface area contributed by atoms with Crippen LogP contribution in [0, 0.1) is 0 Å². The number of likely N-dealkylation sites (tertiary alicyclic amines) is 1. The summed E-state index contributed by atoms with van der Waals surface area (Å²) in [5.41, 5.74) is 0. The van der Waals surface area contributed by atoms with E-state index in [4.69, 9.17) is 16.3 Å². The zero-order chi connectivity index (χ0) is 21.1. The van der Waals surface area contributed by atoms with E-state index in [9.17, 15) is 18.0 Å². The van der Waals surface area contributed by atoms with Crippen LogP contribution < -0.4 is 4.72 Å². The predicted molar refractivity (Wildman–Crippen MR) is 106 cm³/mol. The average Bonchev–Trinajstić information content (AvgIpc) is 2.61. The molecule has 156 valence electrons. The maximum absolute atomic E-state index is 12.7. The van der Waals surface area contributed by atoms with Gasteiger partial charge in [-0.3, -0.25) is 9.59 Å². The lowest BCUT2D eigenvalue weighted by molar-refractivity contribution is -0.163. The minimum absolute atomic E-state index is 0.0558. The molecule has 1 amide bonds. The molecule has 0 spiro atoms. The van der Waals surface area contributed by atoms with Crippen LogP contribution in [0.3, 0.4) is 0 Å². The van der Waals surface area contributed by atoms with E-state index in [1.54, 1.807) is 11.0 Å². The first-order valence-electron chi connectivity index (χ1n) is 9.33. The Hall–Kier alpha value is -1.64. The normalized spacial score (nSPS) is 22.4. The molecule has 1 saturated heterocycles. The summed E-state index contributed by atoms with van der Waals surface area (Å²) in [6, 6.07) is 4.71. The number of carbonyl (C=O) groups is 2. The van der Waals surface area contributed by atoms with Gasteiger partial charge in [-0.15, -0.1) is 0 Å². The molecule has 4 atom stereocenters. The van der Waals surface area contributed by atoms with Gasteiger partial charge in [-0.05, 0) is 65.2 Å². The Balaban J connectivity index is 2.00. The molecule has 1 aliphatic heterocycles. The molecule has 1 aliphatic rings. The standard InChI is InChI=1S/C19H27ClN2O5S/c1-12-7-5-8-13(2)22(12)18(23)15(4)27-19(24)14(3)21-28(25,26)17-10-6-9-16(20)11-17/h6,9-15,21H,5,7-8H2,1-4H3/t12-,13+,14-,15-/m0/s1. The Morgan fingerprint density at radius 1 is 1.21 bits per heavy atom. The number of nitrogens with zero attached hydrogens (tertiary/aromatic N) is 1. The molecule has 28 heavy (non-hydrogen) atoms. The highest BCUT2D eigenvalue weighted by Crippen LogP contribution is 2.24. The van der Waals surface area contributed by atoms with Gasteiger partial charge in [-0.2, -0.15) is 4.72 Å². The molecule has 1 aromatic carbocycles.